The van der Waals surface area contributed by atoms with Gasteiger partial charge < -0.3 is 15.0 Å². The molecule has 2 unspecified atom stereocenters. The molecule has 2 heterocycles. The Bertz CT molecular complexity index is 802. The van der Waals surface area contributed by atoms with Crippen LogP contribution in [0.1, 0.15) is 29.6 Å². The Kier molecular flexibility index (Phi) is 6.25. The van der Waals surface area contributed by atoms with Gasteiger partial charge in [-0.25, -0.2) is 4.39 Å². The number of carbonyl (C=O) groups excluding carboxylic acids is 1. The van der Waals surface area contributed by atoms with Crippen molar-refractivity contribution in [2.24, 2.45) is 0 Å². The molecule has 1 N–H and O–H groups in total. The van der Waals surface area contributed by atoms with Gasteiger partial charge in [0.2, 0.25) is 0 Å². The van der Waals surface area contributed by atoms with E-state index in [-0.39, 0.29) is 36.2 Å². The first-order chi connectivity index (χ1) is 12.6. The van der Waals surface area contributed by atoms with Gasteiger partial charge in [0.25, 0.3) is 5.91 Å². The number of hydrogen-bond acceptors (Lipinski definition) is 3. The van der Waals surface area contributed by atoms with Gasteiger partial charge >= 0.3 is 0 Å². The molecule has 1 amide bonds. The Hall–Kier alpha value is -1.82. The van der Waals surface area contributed by atoms with Crippen molar-refractivity contribution in [3.63, 3.8) is 0 Å². The van der Waals surface area contributed by atoms with Gasteiger partial charge in [0.15, 0.2) is 0 Å². The van der Waals surface area contributed by atoms with Crippen LogP contribution in [0.2, 0.25) is 5.02 Å². The first kappa shape index (κ1) is 19.9. The molecule has 0 saturated carbocycles. The summed E-state index contributed by atoms with van der Waals surface area (Å²) in [5.74, 6) is 0.519. The molecular weight excluding hydrogens is 390 g/mol. The molecule has 7 heteroatoms. The highest BCUT2D eigenvalue weighted by Gasteiger charge is 2.39. The number of nitrogens with one attached hydrogen (secondary N) is 1. The minimum atomic E-state index is -0.335. The van der Waals surface area contributed by atoms with Crippen LogP contribution in [-0.4, -0.2) is 36.0 Å². The van der Waals surface area contributed by atoms with Crippen LogP contribution in [0.15, 0.2) is 42.5 Å². The number of benzene rings is 2. The maximum atomic E-state index is 13.3. The van der Waals surface area contributed by atoms with Crippen LogP contribution in [0.5, 0.6) is 11.5 Å². The van der Waals surface area contributed by atoms with Crippen molar-refractivity contribution in [2.45, 2.75) is 31.3 Å². The van der Waals surface area contributed by atoms with Crippen molar-refractivity contribution in [1.82, 2.24) is 10.2 Å². The normalized spacial score (nSPS) is 21.3. The average molecular weight is 411 g/mol. The molecule has 2 aromatic rings. The quantitative estimate of drug-likeness (QED) is 0.799. The van der Waals surface area contributed by atoms with Crippen molar-refractivity contribution in [2.75, 3.05) is 13.1 Å². The van der Waals surface area contributed by atoms with Crippen LogP contribution in [0.3, 0.4) is 0 Å². The van der Waals surface area contributed by atoms with E-state index < -0.39 is 0 Å². The Morgan fingerprint density at radius 3 is 2.63 bits per heavy atom. The summed E-state index contributed by atoms with van der Waals surface area (Å²) < 4.78 is 19.0. The van der Waals surface area contributed by atoms with Gasteiger partial charge in [-0.05, 0) is 68.3 Å². The number of ether oxygens (including phenoxy) is 1. The van der Waals surface area contributed by atoms with Crippen molar-refractivity contribution in [3.8, 4) is 11.5 Å². The van der Waals surface area contributed by atoms with E-state index in [0.717, 1.165) is 32.4 Å². The van der Waals surface area contributed by atoms with Crippen LogP contribution < -0.4 is 10.1 Å². The van der Waals surface area contributed by atoms with Gasteiger partial charge in [-0.2, -0.15) is 0 Å². The van der Waals surface area contributed by atoms with E-state index in [2.05, 4.69) is 5.32 Å². The van der Waals surface area contributed by atoms with E-state index in [1.54, 1.807) is 18.2 Å². The molecule has 2 bridgehead atoms. The fourth-order valence-electron chi connectivity index (χ4n) is 3.84. The van der Waals surface area contributed by atoms with Gasteiger partial charge in [0.05, 0.1) is 5.56 Å². The lowest BCUT2D eigenvalue weighted by atomic mass is 10.1. The van der Waals surface area contributed by atoms with Crippen molar-refractivity contribution in [3.05, 3.63) is 58.9 Å². The standard InChI is InChI=1S/C20H20ClFN2O2.ClH/c21-13-1-8-19(26-17-6-2-14(22)3-7-17)18(11-13)20(25)24-15-4-5-16(24)12-23-10-9-15;/h1-3,6-8,11,15-16,23H,4-5,9-10,12H2;1H. The summed E-state index contributed by atoms with van der Waals surface area (Å²) >= 11 is 6.16. The SMILES string of the molecule is Cl.O=C(c1cc(Cl)ccc1Oc1ccc(F)cc1)N1C2CCNCC1CC2. The summed E-state index contributed by atoms with van der Waals surface area (Å²) in [6.45, 7) is 1.75. The number of amides is 1. The monoisotopic (exact) mass is 410 g/mol. The summed E-state index contributed by atoms with van der Waals surface area (Å²) in [6, 6.07) is 11.2. The van der Waals surface area contributed by atoms with E-state index >= 15 is 0 Å². The lowest BCUT2D eigenvalue weighted by Gasteiger charge is -2.28. The molecule has 0 spiro atoms. The molecule has 4 rings (SSSR count). The molecular formula is C20H21Cl2FN2O2. The van der Waals surface area contributed by atoms with Crippen LogP contribution in [0.4, 0.5) is 4.39 Å². The Morgan fingerprint density at radius 1 is 1.11 bits per heavy atom. The number of carbonyl (C=O) groups is 1. The highest BCUT2D eigenvalue weighted by Crippen LogP contribution is 2.34. The van der Waals surface area contributed by atoms with Crippen LogP contribution in [0, 0.1) is 5.82 Å². The zero-order chi connectivity index (χ0) is 18.1. The van der Waals surface area contributed by atoms with E-state index in [0.29, 0.717) is 22.1 Å². The minimum Gasteiger partial charge on any atom is -0.457 e. The van der Waals surface area contributed by atoms with Crippen LogP contribution >= 0.6 is 24.0 Å². The molecule has 144 valence electrons. The van der Waals surface area contributed by atoms with Gasteiger partial charge in [0.1, 0.15) is 17.3 Å². The molecule has 2 saturated heterocycles. The second-order valence-corrected chi connectivity index (χ2v) is 7.22. The third-order valence-electron chi connectivity index (χ3n) is 5.10. The van der Waals surface area contributed by atoms with Gasteiger partial charge in [-0.3, -0.25) is 4.79 Å². The topological polar surface area (TPSA) is 41.6 Å². The predicted octanol–water partition coefficient (Wildman–Crippen LogP) is 4.66. The fraction of sp³-hybridized carbons (Fsp3) is 0.350. The molecule has 2 aliphatic rings. The fourth-order valence-corrected chi connectivity index (χ4v) is 4.01. The van der Waals surface area contributed by atoms with Crippen molar-refractivity contribution in [1.29, 1.82) is 0 Å². The van der Waals surface area contributed by atoms with E-state index in [1.807, 2.05) is 4.90 Å². The van der Waals surface area contributed by atoms with Gasteiger partial charge in [-0.15, -0.1) is 12.4 Å². The number of fused-ring (bicyclic) bond motifs is 2. The average Bonchev–Trinajstić information content (AvgIpc) is 2.90. The third kappa shape index (κ3) is 4.21. The molecule has 2 aliphatic heterocycles. The lowest BCUT2D eigenvalue weighted by Crippen LogP contribution is -2.42. The maximum Gasteiger partial charge on any atom is 0.258 e. The highest BCUT2D eigenvalue weighted by molar-refractivity contribution is 6.31. The number of halogens is 3. The second kappa shape index (κ2) is 8.46. The third-order valence-corrected chi connectivity index (χ3v) is 5.34. The summed E-state index contributed by atoms with van der Waals surface area (Å²) in [5.41, 5.74) is 0.445. The van der Waals surface area contributed by atoms with Crippen LogP contribution in [-0.2, 0) is 0 Å². The molecule has 2 aromatic carbocycles. The summed E-state index contributed by atoms with van der Waals surface area (Å²) in [4.78, 5) is 15.3. The molecule has 0 aliphatic carbocycles. The zero-order valence-corrected chi connectivity index (χ0v) is 16.2. The number of rotatable bonds is 3. The molecule has 2 fully saturated rings. The molecule has 0 aromatic heterocycles. The van der Waals surface area contributed by atoms with Gasteiger partial charge in [-0.1, -0.05) is 11.6 Å². The Labute approximate surface area is 169 Å². The van der Waals surface area contributed by atoms with Crippen molar-refractivity contribution < 1.29 is 13.9 Å². The number of hydrogen-bond donors (Lipinski definition) is 1. The molecule has 27 heavy (non-hydrogen) atoms. The maximum absolute atomic E-state index is 13.3. The van der Waals surface area contributed by atoms with Gasteiger partial charge in [0, 0.05) is 23.7 Å². The summed E-state index contributed by atoms with van der Waals surface area (Å²) in [5, 5.41) is 3.89. The summed E-state index contributed by atoms with van der Waals surface area (Å²) in [6.07, 6.45) is 3.00. The Morgan fingerprint density at radius 2 is 1.85 bits per heavy atom. The van der Waals surface area contributed by atoms with Crippen molar-refractivity contribution >= 4 is 29.9 Å². The van der Waals surface area contributed by atoms with Crippen LogP contribution in [0.25, 0.3) is 0 Å². The predicted molar refractivity (Wildman–Crippen MR) is 106 cm³/mol. The largest absolute Gasteiger partial charge is 0.457 e. The van der Waals surface area contributed by atoms with E-state index in [9.17, 15) is 9.18 Å². The molecule has 4 nitrogen and oxygen atoms in total. The first-order valence-corrected chi connectivity index (χ1v) is 9.26. The summed E-state index contributed by atoms with van der Waals surface area (Å²) in [7, 11) is 0. The second-order valence-electron chi connectivity index (χ2n) is 6.79. The highest BCUT2D eigenvalue weighted by atomic mass is 35.5. The van der Waals surface area contributed by atoms with E-state index in [4.69, 9.17) is 16.3 Å². The first-order valence-electron chi connectivity index (χ1n) is 8.88. The van der Waals surface area contributed by atoms with E-state index in [1.165, 1.54) is 24.3 Å². The molecule has 0 radical (unpaired) electrons. The minimum absolute atomic E-state index is 0. The smallest absolute Gasteiger partial charge is 0.258 e. The number of nitrogens with zero attached hydrogens (tertiary/aromatic N) is 1. The lowest BCUT2D eigenvalue weighted by molar-refractivity contribution is 0.0677. The zero-order valence-electron chi connectivity index (χ0n) is 14.7. The Balaban J connectivity index is 0.00000210. The molecule has 2 atom stereocenters.